The van der Waals surface area contributed by atoms with Crippen molar-refractivity contribution in [3.8, 4) is 0 Å². The molecule has 134 valence electrons. The Hall–Kier alpha value is -0.0731. The quantitative estimate of drug-likeness (QED) is 0.453. The van der Waals surface area contributed by atoms with Crippen LogP contribution in [0.2, 0.25) is 12.1 Å². The van der Waals surface area contributed by atoms with E-state index in [1.807, 2.05) is 0 Å². The summed E-state index contributed by atoms with van der Waals surface area (Å²) in [5.74, 6) is 0. The molecular formula is C16H33F3O2Si. The maximum atomic E-state index is 13.1. The average Bonchev–Trinajstić information content (AvgIpc) is 2.50. The summed E-state index contributed by atoms with van der Waals surface area (Å²) < 4.78 is 51.1. The molecule has 0 bridgehead atoms. The molecule has 0 fully saturated rings. The zero-order valence-electron chi connectivity index (χ0n) is 14.8. The molecule has 0 aromatic carbocycles. The molecule has 0 aromatic heterocycles. The molecule has 0 aliphatic heterocycles. The third kappa shape index (κ3) is 7.46. The highest BCUT2D eigenvalue weighted by atomic mass is 28.4. The van der Waals surface area contributed by atoms with Crippen molar-refractivity contribution in [1.29, 1.82) is 0 Å². The van der Waals surface area contributed by atoms with Crippen LogP contribution in [0.15, 0.2) is 0 Å². The van der Waals surface area contributed by atoms with E-state index in [0.717, 1.165) is 18.9 Å². The van der Waals surface area contributed by atoms with Gasteiger partial charge < -0.3 is 8.85 Å². The number of alkyl halides is 3. The SMILES string of the molecule is CCCC[Si](CCC(CF)(CF)CF)(OC)OCC(C)(C)C. The van der Waals surface area contributed by atoms with Gasteiger partial charge in [-0.3, -0.25) is 13.2 Å². The van der Waals surface area contributed by atoms with Gasteiger partial charge in [0, 0.05) is 13.7 Å². The molecular weight excluding hydrogens is 309 g/mol. The topological polar surface area (TPSA) is 18.5 Å². The second-order valence-electron chi connectivity index (χ2n) is 7.47. The number of hydrogen-bond acceptors (Lipinski definition) is 2. The van der Waals surface area contributed by atoms with Crippen molar-refractivity contribution in [2.24, 2.45) is 10.8 Å². The third-order valence-electron chi connectivity index (χ3n) is 3.94. The summed E-state index contributed by atoms with van der Waals surface area (Å²) >= 11 is 0. The first kappa shape index (κ1) is 21.9. The van der Waals surface area contributed by atoms with Crippen LogP contribution in [0.25, 0.3) is 0 Å². The predicted molar refractivity (Wildman–Crippen MR) is 87.7 cm³/mol. The molecule has 0 N–H and O–H groups in total. The number of hydrogen-bond donors (Lipinski definition) is 0. The molecule has 1 atom stereocenters. The number of halogens is 3. The lowest BCUT2D eigenvalue weighted by molar-refractivity contribution is 0.0952. The van der Waals surface area contributed by atoms with Crippen molar-refractivity contribution in [2.75, 3.05) is 33.7 Å². The fourth-order valence-electron chi connectivity index (χ4n) is 2.09. The molecule has 0 saturated heterocycles. The van der Waals surface area contributed by atoms with Crippen molar-refractivity contribution >= 4 is 8.56 Å². The Morgan fingerprint density at radius 2 is 1.50 bits per heavy atom. The standard InChI is InChI=1S/C16H33F3O2Si/c1-6-7-9-22(20-5,21-14-15(2,3)4)10-8-16(11-17,12-18)13-19/h6-14H2,1-5H3. The second kappa shape index (κ2) is 9.93. The first-order chi connectivity index (χ1) is 10.2. The van der Waals surface area contributed by atoms with Crippen LogP contribution >= 0.6 is 0 Å². The minimum Gasteiger partial charge on any atom is -0.398 e. The van der Waals surface area contributed by atoms with Gasteiger partial charge in [-0.15, -0.1) is 0 Å². The Kier molecular flexibility index (Phi) is 9.90. The van der Waals surface area contributed by atoms with Crippen molar-refractivity contribution < 1.29 is 22.0 Å². The highest BCUT2D eigenvalue weighted by Crippen LogP contribution is 2.33. The molecule has 0 rings (SSSR count). The van der Waals surface area contributed by atoms with Crippen LogP contribution in [-0.4, -0.2) is 42.3 Å². The smallest absolute Gasteiger partial charge is 0.337 e. The molecule has 1 unspecified atom stereocenters. The molecule has 2 nitrogen and oxygen atoms in total. The molecule has 0 aliphatic carbocycles. The first-order valence-corrected chi connectivity index (χ1v) is 10.3. The number of rotatable bonds is 12. The number of unbranched alkanes of at least 4 members (excludes halogenated alkanes) is 1. The Morgan fingerprint density at radius 3 is 1.86 bits per heavy atom. The first-order valence-electron chi connectivity index (χ1n) is 8.09. The third-order valence-corrected chi connectivity index (χ3v) is 7.48. The second-order valence-corrected chi connectivity index (χ2v) is 11.0. The zero-order chi connectivity index (χ0) is 17.3. The summed E-state index contributed by atoms with van der Waals surface area (Å²) in [5.41, 5.74) is -1.53. The highest BCUT2D eigenvalue weighted by Gasteiger charge is 2.41. The summed E-state index contributed by atoms with van der Waals surface area (Å²) in [6, 6.07) is 1.20. The summed E-state index contributed by atoms with van der Waals surface area (Å²) in [4.78, 5) is 0. The average molecular weight is 343 g/mol. The predicted octanol–water partition coefficient (Wildman–Crippen LogP) is 5.22. The lowest BCUT2D eigenvalue weighted by Gasteiger charge is -2.35. The van der Waals surface area contributed by atoms with Gasteiger partial charge in [0.2, 0.25) is 0 Å². The highest BCUT2D eigenvalue weighted by molar-refractivity contribution is 6.67. The maximum Gasteiger partial charge on any atom is 0.337 e. The van der Waals surface area contributed by atoms with Crippen molar-refractivity contribution in [1.82, 2.24) is 0 Å². The Bertz CT molecular complexity index is 285. The van der Waals surface area contributed by atoms with Crippen LogP contribution in [0.4, 0.5) is 13.2 Å². The van der Waals surface area contributed by atoms with Crippen molar-refractivity contribution in [3.63, 3.8) is 0 Å². The zero-order valence-corrected chi connectivity index (χ0v) is 15.8. The summed E-state index contributed by atoms with van der Waals surface area (Å²) in [6.45, 7) is 5.85. The lowest BCUT2D eigenvalue weighted by Crippen LogP contribution is -2.45. The van der Waals surface area contributed by atoms with E-state index in [4.69, 9.17) is 8.85 Å². The maximum absolute atomic E-state index is 13.1. The molecule has 0 aliphatic rings. The van der Waals surface area contributed by atoms with Crippen LogP contribution in [0.5, 0.6) is 0 Å². The summed E-state index contributed by atoms with van der Waals surface area (Å²) in [6.07, 6.45) is 2.07. The molecule has 6 heteroatoms. The molecule has 0 saturated carbocycles. The van der Waals surface area contributed by atoms with Gasteiger partial charge in [0.1, 0.15) is 20.0 Å². The van der Waals surface area contributed by atoms with E-state index in [9.17, 15) is 13.2 Å². The van der Waals surface area contributed by atoms with Crippen LogP contribution < -0.4 is 0 Å². The fraction of sp³-hybridized carbons (Fsp3) is 1.00. The van der Waals surface area contributed by atoms with Gasteiger partial charge in [0.05, 0.1) is 5.41 Å². The van der Waals surface area contributed by atoms with E-state index in [0.29, 0.717) is 12.7 Å². The molecule has 22 heavy (non-hydrogen) atoms. The lowest BCUT2D eigenvalue weighted by atomic mass is 9.90. The molecule has 0 aromatic rings. The van der Waals surface area contributed by atoms with E-state index < -0.39 is 34.0 Å². The summed E-state index contributed by atoms with van der Waals surface area (Å²) in [7, 11) is -0.955. The van der Waals surface area contributed by atoms with Crippen LogP contribution in [0, 0.1) is 10.8 Å². The molecule has 0 spiro atoms. The monoisotopic (exact) mass is 342 g/mol. The minimum absolute atomic E-state index is 0.0135. The summed E-state index contributed by atoms with van der Waals surface area (Å²) in [5, 5.41) is 0. The van der Waals surface area contributed by atoms with Gasteiger partial charge in [-0.1, -0.05) is 40.5 Å². The molecule has 0 amide bonds. The van der Waals surface area contributed by atoms with Crippen molar-refractivity contribution in [2.45, 2.75) is 59.0 Å². The molecule has 0 radical (unpaired) electrons. The van der Waals surface area contributed by atoms with E-state index in [2.05, 4.69) is 27.7 Å². The Morgan fingerprint density at radius 1 is 0.955 bits per heavy atom. The van der Waals surface area contributed by atoms with Gasteiger partial charge in [0.15, 0.2) is 0 Å². The normalized spacial score (nSPS) is 15.8. The van der Waals surface area contributed by atoms with Gasteiger partial charge in [-0.25, -0.2) is 0 Å². The van der Waals surface area contributed by atoms with Crippen LogP contribution in [-0.2, 0) is 8.85 Å². The van der Waals surface area contributed by atoms with Gasteiger partial charge in [0.25, 0.3) is 0 Å². The van der Waals surface area contributed by atoms with Gasteiger partial charge >= 0.3 is 8.56 Å². The van der Waals surface area contributed by atoms with Gasteiger partial charge in [-0.05, 0) is 23.9 Å². The van der Waals surface area contributed by atoms with Gasteiger partial charge in [-0.2, -0.15) is 0 Å². The van der Waals surface area contributed by atoms with E-state index in [1.165, 1.54) is 0 Å². The van der Waals surface area contributed by atoms with Crippen LogP contribution in [0.3, 0.4) is 0 Å². The minimum atomic E-state index is -2.56. The van der Waals surface area contributed by atoms with Crippen LogP contribution in [0.1, 0.15) is 47.0 Å². The largest absolute Gasteiger partial charge is 0.398 e. The molecule has 0 heterocycles. The Balaban J connectivity index is 4.96. The van der Waals surface area contributed by atoms with E-state index >= 15 is 0 Å². The Labute approximate surface area is 135 Å². The van der Waals surface area contributed by atoms with Crippen molar-refractivity contribution in [3.05, 3.63) is 0 Å². The fourth-order valence-corrected chi connectivity index (χ4v) is 5.65. The van der Waals surface area contributed by atoms with E-state index in [1.54, 1.807) is 7.11 Å². The van der Waals surface area contributed by atoms with E-state index in [-0.39, 0.29) is 11.8 Å².